The van der Waals surface area contributed by atoms with Gasteiger partial charge in [0.05, 0.1) is 15.2 Å². The molecule has 3 unspecified atom stereocenters. The molecule has 3 rings (SSSR count). The number of rotatable bonds is 14. The van der Waals surface area contributed by atoms with Crippen LogP contribution in [0.5, 0.6) is 0 Å². The Morgan fingerprint density at radius 1 is 0.976 bits per heavy atom. The third-order valence-corrected chi connectivity index (χ3v) is 7.70. The molecular weight excluding hydrogens is 572 g/mol. The van der Waals surface area contributed by atoms with Gasteiger partial charge >= 0.3 is 12.2 Å². The largest absolute Gasteiger partial charge is 0.508 e. The summed E-state index contributed by atoms with van der Waals surface area (Å²) in [6, 6.07) is 11.3. The molecule has 1 aliphatic rings. The van der Waals surface area contributed by atoms with Gasteiger partial charge in [0.25, 0.3) is 11.4 Å². The number of carbonyl (C=O) groups excluding carboxylic acids is 3. The molecule has 2 aromatic rings. The van der Waals surface area contributed by atoms with E-state index in [0.717, 1.165) is 0 Å². The quantitative estimate of drug-likeness (QED) is 0.0987. The first kappa shape index (κ1) is 32.1. The molecule has 1 fully saturated rings. The van der Waals surface area contributed by atoms with Crippen LogP contribution >= 0.6 is 11.8 Å². The molecule has 2 amide bonds. The maximum absolute atomic E-state index is 12.2. The molecule has 14 nitrogen and oxygen atoms in total. The zero-order valence-electron chi connectivity index (χ0n) is 23.3. The van der Waals surface area contributed by atoms with Gasteiger partial charge < -0.3 is 24.8 Å². The van der Waals surface area contributed by atoms with E-state index in [1.165, 1.54) is 60.3 Å². The van der Waals surface area contributed by atoms with Gasteiger partial charge in [-0.15, -0.1) is 11.8 Å². The lowest BCUT2D eigenvalue weighted by Crippen LogP contribution is -2.61. The Kier molecular flexibility index (Phi) is 11.1. The van der Waals surface area contributed by atoms with Crippen LogP contribution in [-0.4, -0.2) is 50.8 Å². The molecule has 0 saturated carbocycles. The minimum absolute atomic E-state index is 0.0244. The molecule has 0 aromatic heterocycles. The Morgan fingerprint density at radius 2 is 1.50 bits per heavy atom. The topological polar surface area (TPSA) is 189 Å². The average Bonchev–Trinajstić information content (AvgIpc) is 2.92. The molecule has 3 atom stereocenters. The normalized spacial score (nSPS) is 16.8. The van der Waals surface area contributed by atoms with Gasteiger partial charge in [-0.1, -0.05) is 0 Å². The Morgan fingerprint density at radius 3 is 2.00 bits per heavy atom. The van der Waals surface area contributed by atoms with E-state index in [2.05, 4.69) is 10.6 Å². The smallest absolute Gasteiger partial charge is 0.445 e. The maximum Gasteiger partial charge on any atom is 0.508 e. The van der Waals surface area contributed by atoms with Crippen molar-refractivity contribution in [1.29, 1.82) is 0 Å². The van der Waals surface area contributed by atoms with Crippen LogP contribution in [0.2, 0.25) is 0 Å². The minimum Gasteiger partial charge on any atom is -0.445 e. The lowest BCUT2D eigenvalue weighted by atomic mass is 9.96. The third kappa shape index (κ3) is 9.61. The molecule has 42 heavy (non-hydrogen) atoms. The molecule has 0 aliphatic carbocycles. The number of thioether (sulfide) groups is 1. The van der Waals surface area contributed by atoms with E-state index in [1.807, 2.05) is 13.8 Å². The summed E-state index contributed by atoms with van der Waals surface area (Å²) >= 11 is 1.50. The molecule has 1 saturated heterocycles. The van der Waals surface area contributed by atoms with E-state index in [9.17, 15) is 34.6 Å². The van der Waals surface area contributed by atoms with Crippen molar-refractivity contribution in [2.75, 3.05) is 5.75 Å². The predicted octanol–water partition coefficient (Wildman–Crippen LogP) is 4.84. The number of β-lactam (4-membered cyclic amide) rings is 1. The van der Waals surface area contributed by atoms with Crippen molar-refractivity contribution in [3.8, 4) is 0 Å². The number of non-ortho nitro benzene ring substituents is 2. The monoisotopic (exact) mass is 604 g/mol. The Hall–Kier alpha value is -4.40. The summed E-state index contributed by atoms with van der Waals surface area (Å²) in [5.74, 6) is -0.120. The van der Waals surface area contributed by atoms with Gasteiger partial charge in [-0.25, -0.2) is 9.59 Å². The van der Waals surface area contributed by atoms with E-state index in [4.69, 9.17) is 14.2 Å². The molecule has 15 heteroatoms. The number of nitrogens with one attached hydrogen (secondary N) is 2. The number of nitro benzene ring substituents is 2. The van der Waals surface area contributed by atoms with Crippen molar-refractivity contribution >= 4 is 41.3 Å². The van der Waals surface area contributed by atoms with Gasteiger partial charge in [0.2, 0.25) is 5.91 Å². The van der Waals surface area contributed by atoms with Gasteiger partial charge in [-0.2, -0.15) is 0 Å². The van der Waals surface area contributed by atoms with Crippen molar-refractivity contribution in [3.05, 3.63) is 79.9 Å². The van der Waals surface area contributed by atoms with E-state index in [1.54, 1.807) is 6.92 Å². The summed E-state index contributed by atoms with van der Waals surface area (Å²) in [6.45, 7) is 5.17. The summed E-state index contributed by atoms with van der Waals surface area (Å²) in [5.41, 5.74) is 0.484. The number of nitro groups is 2. The highest BCUT2D eigenvalue weighted by atomic mass is 32.2. The maximum atomic E-state index is 12.2. The van der Waals surface area contributed by atoms with Crippen molar-refractivity contribution < 1.29 is 38.4 Å². The van der Waals surface area contributed by atoms with E-state index in [-0.39, 0.29) is 35.9 Å². The van der Waals surface area contributed by atoms with Crippen molar-refractivity contribution in [3.63, 3.8) is 0 Å². The van der Waals surface area contributed by atoms with E-state index >= 15 is 0 Å². The Bertz CT molecular complexity index is 1290. The van der Waals surface area contributed by atoms with Crippen LogP contribution in [0.4, 0.5) is 21.0 Å². The lowest BCUT2D eigenvalue weighted by Gasteiger charge is -2.39. The van der Waals surface area contributed by atoms with Crippen LogP contribution in [0.1, 0.15) is 44.7 Å². The highest BCUT2D eigenvalue weighted by molar-refractivity contribution is 8.00. The first-order chi connectivity index (χ1) is 19.8. The van der Waals surface area contributed by atoms with Gasteiger partial charge in [0.1, 0.15) is 25.2 Å². The van der Waals surface area contributed by atoms with Crippen molar-refractivity contribution in [1.82, 2.24) is 10.6 Å². The van der Waals surface area contributed by atoms with Gasteiger partial charge in [-0.05, 0) is 74.8 Å². The van der Waals surface area contributed by atoms with Gasteiger partial charge in [0, 0.05) is 29.8 Å². The predicted molar refractivity (Wildman–Crippen MR) is 151 cm³/mol. The molecule has 1 aliphatic heterocycles. The van der Waals surface area contributed by atoms with Crippen LogP contribution in [0.15, 0.2) is 48.5 Å². The molecule has 1 heterocycles. The number of nitrogens with zero attached hydrogens (tertiary/aromatic N) is 2. The van der Waals surface area contributed by atoms with Gasteiger partial charge in [-0.3, -0.25) is 25.0 Å². The van der Waals surface area contributed by atoms with Gasteiger partial charge in [0.15, 0.2) is 0 Å². The highest BCUT2D eigenvalue weighted by Gasteiger charge is 2.45. The fraction of sp³-hybridized carbons (Fsp3) is 0.444. The van der Waals surface area contributed by atoms with Crippen LogP contribution in [0.25, 0.3) is 0 Å². The Labute approximate surface area is 245 Å². The van der Waals surface area contributed by atoms with Crippen LogP contribution in [-0.2, 0) is 32.2 Å². The Balaban J connectivity index is 1.34. The zero-order chi connectivity index (χ0) is 30.9. The SMILES string of the molecule is CC(OC(=O)OCc1ccc([N+](=O)[O-])cc1)C1C(=O)NC1SCCCC(C)(C)NC(=O)OCc1ccc([N+](=O)[O-])cc1. The fourth-order valence-electron chi connectivity index (χ4n) is 4.05. The number of alkyl carbamates (subject to hydrolysis) is 1. The number of carbonyl (C=O) groups is 3. The number of hydrogen-bond acceptors (Lipinski definition) is 11. The second-order valence-corrected chi connectivity index (χ2v) is 11.5. The fourth-order valence-corrected chi connectivity index (χ4v) is 5.37. The number of amides is 2. The summed E-state index contributed by atoms with van der Waals surface area (Å²) in [7, 11) is 0. The molecule has 2 N–H and O–H groups in total. The van der Waals surface area contributed by atoms with E-state index in [0.29, 0.717) is 29.7 Å². The second-order valence-electron chi connectivity index (χ2n) is 10.2. The second kappa shape index (κ2) is 14.5. The van der Waals surface area contributed by atoms with Crippen LogP contribution < -0.4 is 10.6 Å². The summed E-state index contributed by atoms with van der Waals surface area (Å²) in [4.78, 5) is 57.0. The van der Waals surface area contributed by atoms with Crippen LogP contribution in [0, 0.1) is 26.1 Å². The summed E-state index contributed by atoms with van der Waals surface area (Å²) in [5, 5.41) is 26.8. The first-order valence-corrected chi connectivity index (χ1v) is 14.1. The molecule has 0 spiro atoms. The average molecular weight is 605 g/mol. The minimum atomic E-state index is -0.947. The number of hydrogen-bond donors (Lipinski definition) is 2. The van der Waals surface area contributed by atoms with Crippen molar-refractivity contribution in [2.24, 2.45) is 5.92 Å². The highest BCUT2D eigenvalue weighted by Crippen LogP contribution is 2.31. The summed E-state index contributed by atoms with van der Waals surface area (Å²) in [6.07, 6.45) is -0.948. The summed E-state index contributed by atoms with van der Waals surface area (Å²) < 4.78 is 15.6. The van der Waals surface area contributed by atoms with Crippen LogP contribution in [0.3, 0.4) is 0 Å². The molecule has 226 valence electrons. The first-order valence-electron chi connectivity index (χ1n) is 13.0. The molecule has 2 aromatic carbocycles. The zero-order valence-corrected chi connectivity index (χ0v) is 24.1. The molecular formula is C27H32N4O10S. The standard InChI is InChI=1S/C27H32N4O10S/c1-17(41-26(34)40-16-19-7-11-21(12-8-19)31(37)38)22-23(32)28-24(22)42-14-4-13-27(2,3)29-25(33)39-15-18-5-9-20(10-6-18)30(35)36/h5-12,17,22,24H,4,13-16H2,1-3H3,(H,28,32)(H,29,33). The molecule has 0 bridgehead atoms. The third-order valence-electron chi connectivity index (χ3n) is 6.41. The number of ether oxygens (including phenoxy) is 3. The lowest BCUT2D eigenvalue weighted by molar-refractivity contribution is -0.385. The van der Waals surface area contributed by atoms with E-state index < -0.39 is 39.7 Å². The molecule has 0 radical (unpaired) electrons. The number of benzene rings is 2. The van der Waals surface area contributed by atoms with Crippen molar-refractivity contribution in [2.45, 2.75) is 63.8 Å².